The summed E-state index contributed by atoms with van der Waals surface area (Å²) in [6, 6.07) is -0.492. The molecule has 0 aliphatic rings. The smallest absolute Gasteiger partial charge is 0.344 e. The van der Waals surface area contributed by atoms with Gasteiger partial charge in [-0.2, -0.15) is 36.1 Å². The van der Waals surface area contributed by atoms with Crippen molar-refractivity contribution in [2.24, 2.45) is 7.05 Å². The highest BCUT2D eigenvalue weighted by Crippen LogP contribution is 2.36. The Hall–Kier alpha value is -3.71. The van der Waals surface area contributed by atoms with Crippen molar-refractivity contribution < 1.29 is 31.1 Å². The molecular formula is C18H14F6N6O2. The molecule has 1 atom stereocenters. The second-order valence-electron chi connectivity index (χ2n) is 6.69. The zero-order valence-corrected chi connectivity index (χ0v) is 16.4. The van der Waals surface area contributed by atoms with E-state index < -0.39 is 46.7 Å². The summed E-state index contributed by atoms with van der Waals surface area (Å²) in [7, 11) is 1.43. The van der Waals surface area contributed by atoms with Crippen LogP contribution < -0.4 is 11.0 Å². The predicted molar refractivity (Wildman–Crippen MR) is 96.7 cm³/mol. The summed E-state index contributed by atoms with van der Waals surface area (Å²) in [6.07, 6.45) is -6.51. The van der Waals surface area contributed by atoms with E-state index in [2.05, 4.69) is 20.4 Å². The lowest BCUT2D eigenvalue weighted by atomic mass is 10.0. The zero-order chi connectivity index (χ0) is 23.8. The maximum Gasteiger partial charge on any atom is 0.416 e. The number of nitrogens with zero attached hydrogens (tertiary/aromatic N) is 5. The normalized spacial score (nSPS) is 13.1. The largest absolute Gasteiger partial charge is 0.416 e. The van der Waals surface area contributed by atoms with Gasteiger partial charge in [0, 0.05) is 25.0 Å². The molecule has 14 heteroatoms. The molecule has 0 fully saturated rings. The van der Waals surface area contributed by atoms with Gasteiger partial charge >= 0.3 is 18.0 Å². The molecular weight excluding hydrogens is 446 g/mol. The molecule has 0 spiro atoms. The molecule has 0 bridgehead atoms. The lowest BCUT2D eigenvalue weighted by Gasteiger charge is -2.17. The van der Waals surface area contributed by atoms with Crippen molar-refractivity contribution in [1.82, 2.24) is 29.6 Å². The fourth-order valence-electron chi connectivity index (χ4n) is 2.77. The summed E-state index contributed by atoms with van der Waals surface area (Å²) in [5, 5.41) is 6.13. The molecule has 0 aliphatic carbocycles. The Balaban J connectivity index is 1.97. The van der Waals surface area contributed by atoms with Crippen LogP contribution in [0.25, 0.3) is 5.82 Å². The van der Waals surface area contributed by atoms with Crippen molar-refractivity contribution in [2.75, 3.05) is 0 Å². The van der Waals surface area contributed by atoms with E-state index in [1.54, 1.807) is 0 Å². The molecule has 2 heterocycles. The molecule has 2 aromatic heterocycles. The summed E-state index contributed by atoms with van der Waals surface area (Å²) >= 11 is 0. The van der Waals surface area contributed by atoms with Gasteiger partial charge in [-0.1, -0.05) is 0 Å². The Morgan fingerprint density at radius 1 is 1.00 bits per heavy atom. The van der Waals surface area contributed by atoms with E-state index >= 15 is 0 Å². The molecule has 0 saturated heterocycles. The summed E-state index contributed by atoms with van der Waals surface area (Å²) in [5.74, 6) is -1.27. The fourth-order valence-corrected chi connectivity index (χ4v) is 2.77. The average molecular weight is 460 g/mol. The number of aromatic nitrogens is 5. The number of aryl methyl sites for hydroxylation is 1. The van der Waals surface area contributed by atoms with Gasteiger partial charge in [-0.05, 0) is 25.1 Å². The number of amides is 1. The van der Waals surface area contributed by atoms with Gasteiger partial charge in [0.15, 0.2) is 5.82 Å². The number of hydrogen-bond acceptors (Lipinski definition) is 5. The van der Waals surface area contributed by atoms with Crippen molar-refractivity contribution in [3.8, 4) is 5.82 Å². The van der Waals surface area contributed by atoms with E-state index in [4.69, 9.17) is 0 Å². The second-order valence-corrected chi connectivity index (χ2v) is 6.69. The van der Waals surface area contributed by atoms with E-state index in [-0.39, 0.29) is 17.6 Å². The van der Waals surface area contributed by atoms with E-state index in [9.17, 15) is 35.9 Å². The third-order valence-electron chi connectivity index (χ3n) is 4.34. The van der Waals surface area contributed by atoms with Gasteiger partial charge in [0.2, 0.25) is 0 Å². The molecule has 0 radical (unpaired) electrons. The maximum absolute atomic E-state index is 13.0. The third-order valence-corrected chi connectivity index (χ3v) is 4.34. The first-order valence-corrected chi connectivity index (χ1v) is 8.81. The van der Waals surface area contributed by atoms with Gasteiger partial charge in [-0.25, -0.2) is 9.78 Å². The Labute approximate surface area is 175 Å². The van der Waals surface area contributed by atoms with Crippen LogP contribution in [0.5, 0.6) is 0 Å². The van der Waals surface area contributed by atoms with Crippen LogP contribution in [0.4, 0.5) is 26.3 Å². The van der Waals surface area contributed by atoms with Gasteiger partial charge in [0.05, 0.1) is 17.2 Å². The van der Waals surface area contributed by atoms with Gasteiger partial charge in [-0.15, -0.1) is 0 Å². The van der Waals surface area contributed by atoms with E-state index in [0.717, 1.165) is 9.25 Å². The number of carbonyl (C=O) groups is 1. The topological polar surface area (TPSA) is 94.7 Å². The summed E-state index contributed by atoms with van der Waals surface area (Å²) in [4.78, 5) is 32.7. The molecule has 170 valence electrons. The minimum atomic E-state index is -5.10. The van der Waals surface area contributed by atoms with Crippen molar-refractivity contribution in [2.45, 2.75) is 25.3 Å². The molecule has 0 saturated carbocycles. The Morgan fingerprint density at radius 3 is 2.06 bits per heavy atom. The molecule has 1 aromatic carbocycles. The van der Waals surface area contributed by atoms with E-state index in [1.807, 2.05) is 0 Å². The maximum atomic E-state index is 13.0. The van der Waals surface area contributed by atoms with Gasteiger partial charge in [0.25, 0.3) is 5.91 Å². The van der Waals surface area contributed by atoms with Crippen LogP contribution >= 0.6 is 0 Å². The lowest BCUT2D eigenvalue weighted by Crippen LogP contribution is -2.30. The minimum absolute atomic E-state index is 0.0182. The number of alkyl halides is 6. The van der Waals surface area contributed by atoms with E-state index in [1.165, 1.54) is 32.7 Å². The SMILES string of the molecule is CC(NC(=O)c1cc(C(F)(F)F)cc(C(F)(F)F)c1)c1nccnc1-n1ncn(C)c1=O. The molecule has 8 nitrogen and oxygen atoms in total. The van der Waals surface area contributed by atoms with Crippen LogP contribution in [0, 0.1) is 0 Å². The molecule has 1 unspecified atom stereocenters. The number of benzene rings is 1. The number of halogens is 6. The van der Waals surface area contributed by atoms with Crippen molar-refractivity contribution in [1.29, 1.82) is 0 Å². The number of carbonyl (C=O) groups excluding carboxylic acids is 1. The molecule has 1 amide bonds. The van der Waals surface area contributed by atoms with Crippen molar-refractivity contribution >= 4 is 5.91 Å². The molecule has 3 aromatic rings. The molecule has 3 rings (SSSR count). The van der Waals surface area contributed by atoms with Gasteiger partial charge in [-0.3, -0.25) is 14.3 Å². The zero-order valence-electron chi connectivity index (χ0n) is 16.4. The molecule has 32 heavy (non-hydrogen) atoms. The van der Waals surface area contributed by atoms with Crippen LogP contribution in [0.3, 0.4) is 0 Å². The van der Waals surface area contributed by atoms with Crippen LogP contribution in [0.15, 0.2) is 41.7 Å². The predicted octanol–water partition coefficient (Wildman–Crippen LogP) is 2.89. The standard InChI is InChI=1S/C18H14F6N6O2/c1-9(13-14(26-4-3-25-13)30-16(32)29(2)8-27-30)28-15(31)10-5-11(17(19,20)21)7-12(6-10)18(22,23)24/h3-9H,1-2H3,(H,28,31). The molecule has 1 N–H and O–H groups in total. The number of rotatable bonds is 4. The fraction of sp³-hybridized carbons (Fsp3) is 0.278. The monoisotopic (exact) mass is 460 g/mol. The lowest BCUT2D eigenvalue weighted by molar-refractivity contribution is -0.143. The first-order valence-electron chi connectivity index (χ1n) is 8.81. The number of hydrogen-bond donors (Lipinski definition) is 1. The quantitative estimate of drug-likeness (QED) is 0.605. The second kappa shape index (κ2) is 8.09. The third kappa shape index (κ3) is 4.63. The first-order chi connectivity index (χ1) is 14.8. The Bertz CT molecular complexity index is 1180. The van der Waals surface area contributed by atoms with Crippen LogP contribution in [-0.2, 0) is 19.4 Å². The highest BCUT2D eigenvalue weighted by Gasteiger charge is 2.37. The minimum Gasteiger partial charge on any atom is -0.344 e. The van der Waals surface area contributed by atoms with Gasteiger partial charge in [0.1, 0.15) is 12.0 Å². The van der Waals surface area contributed by atoms with Crippen molar-refractivity contribution in [3.63, 3.8) is 0 Å². The Kier molecular flexibility index (Phi) is 5.80. The van der Waals surface area contributed by atoms with Gasteiger partial charge < -0.3 is 5.32 Å². The van der Waals surface area contributed by atoms with Crippen molar-refractivity contribution in [3.05, 3.63) is 69.8 Å². The first kappa shape index (κ1) is 23.0. The highest BCUT2D eigenvalue weighted by molar-refractivity contribution is 5.95. The van der Waals surface area contributed by atoms with Crippen LogP contribution in [-0.4, -0.2) is 30.2 Å². The Morgan fingerprint density at radius 2 is 1.56 bits per heavy atom. The number of nitrogens with one attached hydrogen (secondary N) is 1. The highest BCUT2D eigenvalue weighted by atomic mass is 19.4. The average Bonchev–Trinajstić information content (AvgIpc) is 3.04. The van der Waals surface area contributed by atoms with Crippen LogP contribution in [0.2, 0.25) is 0 Å². The van der Waals surface area contributed by atoms with Crippen LogP contribution in [0.1, 0.15) is 40.1 Å². The summed E-state index contributed by atoms with van der Waals surface area (Å²) in [6.45, 7) is 1.37. The molecule has 0 aliphatic heterocycles. The van der Waals surface area contributed by atoms with E-state index in [0.29, 0.717) is 12.1 Å². The summed E-state index contributed by atoms with van der Waals surface area (Å²) in [5.41, 5.74) is -4.65. The summed E-state index contributed by atoms with van der Waals surface area (Å²) < 4.78 is 80.3.